The third-order valence-corrected chi connectivity index (χ3v) is 3.49. The van der Waals surface area contributed by atoms with Crippen molar-refractivity contribution in [3.63, 3.8) is 0 Å². The summed E-state index contributed by atoms with van der Waals surface area (Å²) >= 11 is 0. The molecule has 1 aromatic rings. The van der Waals surface area contributed by atoms with E-state index in [-0.39, 0.29) is 0 Å². The fourth-order valence-electron chi connectivity index (χ4n) is 2.58. The fraction of sp³-hybridized carbons (Fsp3) is 0.615. The van der Waals surface area contributed by atoms with Crippen molar-refractivity contribution in [2.24, 2.45) is 5.92 Å². The zero-order valence-electron chi connectivity index (χ0n) is 10.1. The average molecular weight is 220 g/mol. The molecule has 1 heterocycles. The summed E-state index contributed by atoms with van der Waals surface area (Å²) in [5.74, 6) is 1.49. The number of hydrogen-bond donors (Lipinski definition) is 1. The standard InChI is InChI=1S/C13H20N2O/c1-3-10-6-4-7-11(10)15-12-8-5-9-14-13(12)16-2/h5,8-11,15H,3-4,6-7H2,1-2H3. The van der Waals surface area contributed by atoms with Gasteiger partial charge in [0.05, 0.1) is 12.8 Å². The summed E-state index contributed by atoms with van der Waals surface area (Å²) in [5.41, 5.74) is 1.02. The average Bonchev–Trinajstić information content (AvgIpc) is 2.77. The first-order valence-electron chi connectivity index (χ1n) is 6.10. The molecular weight excluding hydrogens is 200 g/mol. The van der Waals surface area contributed by atoms with Crippen LogP contribution in [-0.2, 0) is 0 Å². The van der Waals surface area contributed by atoms with Crippen LogP contribution in [0.3, 0.4) is 0 Å². The number of methoxy groups -OCH3 is 1. The number of aromatic nitrogens is 1. The number of nitrogens with one attached hydrogen (secondary N) is 1. The number of pyridine rings is 1. The van der Waals surface area contributed by atoms with E-state index in [1.54, 1.807) is 13.3 Å². The monoisotopic (exact) mass is 220 g/mol. The molecule has 0 radical (unpaired) electrons. The lowest BCUT2D eigenvalue weighted by atomic mass is 10.0. The first kappa shape index (κ1) is 11.2. The summed E-state index contributed by atoms with van der Waals surface area (Å²) in [6, 6.07) is 4.57. The molecule has 3 nitrogen and oxygen atoms in total. The Kier molecular flexibility index (Phi) is 3.65. The number of anilines is 1. The Morgan fingerprint density at radius 3 is 3.12 bits per heavy atom. The topological polar surface area (TPSA) is 34.2 Å². The van der Waals surface area contributed by atoms with E-state index >= 15 is 0 Å². The smallest absolute Gasteiger partial charge is 0.237 e. The van der Waals surface area contributed by atoms with Crippen LogP contribution in [0.2, 0.25) is 0 Å². The van der Waals surface area contributed by atoms with Gasteiger partial charge in [-0.2, -0.15) is 0 Å². The van der Waals surface area contributed by atoms with E-state index in [4.69, 9.17) is 4.74 Å². The molecule has 2 atom stereocenters. The second kappa shape index (κ2) is 5.19. The molecule has 1 N–H and O–H groups in total. The molecule has 16 heavy (non-hydrogen) atoms. The summed E-state index contributed by atoms with van der Waals surface area (Å²) in [6.07, 6.45) is 6.95. The van der Waals surface area contributed by atoms with Crippen LogP contribution in [0.5, 0.6) is 5.88 Å². The van der Waals surface area contributed by atoms with Crippen LogP contribution in [-0.4, -0.2) is 18.1 Å². The molecule has 3 heteroatoms. The van der Waals surface area contributed by atoms with Gasteiger partial charge >= 0.3 is 0 Å². The Morgan fingerprint density at radius 2 is 2.38 bits per heavy atom. The van der Waals surface area contributed by atoms with Gasteiger partial charge in [-0.3, -0.25) is 0 Å². The Labute approximate surface area is 97.2 Å². The Balaban J connectivity index is 2.08. The lowest BCUT2D eigenvalue weighted by molar-refractivity contribution is 0.398. The lowest BCUT2D eigenvalue weighted by Crippen LogP contribution is -2.23. The van der Waals surface area contributed by atoms with Crippen molar-refractivity contribution in [3.05, 3.63) is 18.3 Å². The highest BCUT2D eigenvalue weighted by atomic mass is 16.5. The molecule has 0 bridgehead atoms. The molecular formula is C13H20N2O. The maximum atomic E-state index is 5.25. The van der Waals surface area contributed by atoms with Gasteiger partial charge < -0.3 is 10.1 Å². The van der Waals surface area contributed by atoms with Crippen molar-refractivity contribution in [2.75, 3.05) is 12.4 Å². The van der Waals surface area contributed by atoms with Crippen LogP contribution in [0.4, 0.5) is 5.69 Å². The number of hydrogen-bond acceptors (Lipinski definition) is 3. The Hall–Kier alpha value is -1.25. The van der Waals surface area contributed by atoms with Crippen LogP contribution < -0.4 is 10.1 Å². The van der Waals surface area contributed by atoms with E-state index in [0.717, 1.165) is 11.6 Å². The normalized spacial score (nSPS) is 24.4. The molecule has 1 aliphatic rings. The van der Waals surface area contributed by atoms with Gasteiger partial charge in [-0.1, -0.05) is 19.8 Å². The van der Waals surface area contributed by atoms with Crippen molar-refractivity contribution in [3.8, 4) is 5.88 Å². The van der Waals surface area contributed by atoms with Gasteiger partial charge in [-0.05, 0) is 30.9 Å². The first-order valence-corrected chi connectivity index (χ1v) is 6.10. The fourth-order valence-corrected chi connectivity index (χ4v) is 2.58. The molecule has 0 aliphatic heterocycles. The summed E-state index contributed by atoms with van der Waals surface area (Å²) in [6.45, 7) is 2.27. The van der Waals surface area contributed by atoms with E-state index in [1.165, 1.54) is 25.7 Å². The van der Waals surface area contributed by atoms with Gasteiger partial charge in [-0.25, -0.2) is 4.98 Å². The van der Waals surface area contributed by atoms with E-state index in [0.29, 0.717) is 11.9 Å². The first-order chi connectivity index (χ1) is 7.85. The minimum absolute atomic E-state index is 0.586. The van der Waals surface area contributed by atoms with Gasteiger partial charge in [0.1, 0.15) is 0 Å². The van der Waals surface area contributed by atoms with Crippen molar-refractivity contribution >= 4 is 5.69 Å². The number of ether oxygens (including phenoxy) is 1. The molecule has 88 valence electrons. The van der Waals surface area contributed by atoms with E-state index < -0.39 is 0 Å². The van der Waals surface area contributed by atoms with Crippen LogP contribution in [0.15, 0.2) is 18.3 Å². The van der Waals surface area contributed by atoms with Gasteiger partial charge in [0.15, 0.2) is 0 Å². The van der Waals surface area contributed by atoms with Crippen LogP contribution in [0.1, 0.15) is 32.6 Å². The van der Waals surface area contributed by atoms with Gasteiger partial charge in [0.25, 0.3) is 0 Å². The highest BCUT2D eigenvalue weighted by Gasteiger charge is 2.26. The van der Waals surface area contributed by atoms with Crippen molar-refractivity contribution in [1.82, 2.24) is 4.98 Å². The molecule has 1 fully saturated rings. The Bertz CT molecular complexity index is 340. The van der Waals surface area contributed by atoms with Gasteiger partial charge in [-0.15, -0.1) is 0 Å². The minimum Gasteiger partial charge on any atom is -0.480 e. The minimum atomic E-state index is 0.586. The summed E-state index contributed by atoms with van der Waals surface area (Å²) < 4.78 is 5.25. The SMILES string of the molecule is CCC1CCCC1Nc1cccnc1OC. The van der Waals surface area contributed by atoms with Gasteiger partial charge in [0.2, 0.25) is 5.88 Å². The molecule has 0 aromatic carbocycles. The highest BCUT2D eigenvalue weighted by Crippen LogP contribution is 2.32. The van der Waals surface area contributed by atoms with E-state index in [1.807, 2.05) is 12.1 Å². The van der Waals surface area contributed by atoms with Crippen LogP contribution in [0, 0.1) is 5.92 Å². The zero-order valence-corrected chi connectivity index (χ0v) is 10.1. The molecule has 0 spiro atoms. The predicted molar refractivity (Wildman–Crippen MR) is 65.8 cm³/mol. The maximum Gasteiger partial charge on any atom is 0.237 e. The Morgan fingerprint density at radius 1 is 1.50 bits per heavy atom. The van der Waals surface area contributed by atoms with E-state index in [9.17, 15) is 0 Å². The summed E-state index contributed by atoms with van der Waals surface area (Å²) in [7, 11) is 1.67. The zero-order chi connectivity index (χ0) is 11.4. The summed E-state index contributed by atoms with van der Waals surface area (Å²) in [5, 5.41) is 3.57. The van der Waals surface area contributed by atoms with Crippen LogP contribution >= 0.6 is 0 Å². The number of nitrogens with zero attached hydrogens (tertiary/aromatic N) is 1. The molecule has 0 amide bonds. The van der Waals surface area contributed by atoms with Gasteiger partial charge in [0, 0.05) is 12.2 Å². The molecule has 0 saturated heterocycles. The number of rotatable bonds is 4. The van der Waals surface area contributed by atoms with Crippen molar-refractivity contribution < 1.29 is 4.74 Å². The second-order valence-electron chi connectivity index (χ2n) is 4.41. The maximum absolute atomic E-state index is 5.25. The third kappa shape index (κ3) is 2.29. The largest absolute Gasteiger partial charge is 0.480 e. The second-order valence-corrected chi connectivity index (χ2v) is 4.41. The highest BCUT2D eigenvalue weighted by molar-refractivity contribution is 5.52. The third-order valence-electron chi connectivity index (χ3n) is 3.49. The van der Waals surface area contributed by atoms with Crippen molar-refractivity contribution in [1.29, 1.82) is 0 Å². The quantitative estimate of drug-likeness (QED) is 0.846. The molecule has 1 aliphatic carbocycles. The predicted octanol–water partition coefficient (Wildman–Crippen LogP) is 3.08. The summed E-state index contributed by atoms with van der Waals surface area (Å²) in [4.78, 5) is 4.21. The van der Waals surface area contributed by atoms with E-state index in [2.05, 4.69) is 17.2 Å². The molecule has 2 rings (SSSR count). The van der Waals surface area contributed by atoms with Crippen LogP contribution in [0.25, 0.3) is 0 Å². The lowest BCUT2D eigenvalue weighted by Gasteiger charge is -2.21. The molecule has 2 unspecified atom stereocenters. The molecule has 1 saturated carbocycles. The molecule has 1 aromatic heterocycles. The van der Waals surface area contributed by atoms with Crippen molar-refractivity contribution in [2.45, 2.75) is 38.6 Å².